The van der Waals surface area contributed by atoms with E-state index < -0.39 is 0 Å². The van der Waals surface area contributed by atoms with Crippen LogP contribution in [0, 0.1) is 24.1 Å². The number of rotatable bonds is 4. The molecule has 0 aromatic heterocycles. The molecule has 0 aliphatic carbocycles. The summed E-state index contributed by atoms with van der Waals surface area (Å²) in [6, 6.07) is 14.6. The van der Waals surface area contributed by atoms with E-state index >= 15 is 0 Å². The fourth-order valence-electron chi connectivity index (χ4n) is 2.17. The van der Waals surface area contributed by atoms with Gasteiger partial charge in [-0.1, -0.05) is 18.2 Å². The number of hydrogen-bond donors (Lipinski definition) is 1. The lowest BCUT2D eigenvalue weighted by Crippen LogP contribution is -2.18. The van der Waals surface area contributed by atoms with Crippen LogP contribution in [0.25, 0.3) is 0 Å². The summed E-state index contributed by atoms with van der Waals surface area (Å²) in [5, 5.41) is 12.5. The molecule has 1 N–H and O–H groups in total. The van der Waals surface area contributed by atoms with Crippen LogP contribution in [-0.4, -0.2) is 6.04 Å². The van der Waals surface area contributed by atoms with Crippen molar-refractivity contribution < 1.29 is 4.39 Å². The lowest BCUT2D eigenvalue weighted by molar-refractivity contribution is 0.626. The van der Waals surface area contributed by atoms with E-state index in [-0.39, 0.29) is 11.9 Å². The summed E-state index contributed by atoms with van der Waals surface area (Å²) in [7, 11) is 0. The Labute approximate surface area is 118 Å². The summed E-state index contributed by atoms with van der Waals surface area (Å²) in [6.07, 6.45) is 0.777. The van der Waals surface area contributed by atoms with Gasteiger partial charge >= 0.3 is 0 Å². The standard InChI is InChI=1S/C17H17FN2/c1-12-3-6-15(11-19)17(9-12)20-13(2)10-14-4-7-16(18)8-5-14/h3-9,13,20H,10H2,1-2H3. The Morgan fingerprint density at radius 3 is 2.55 bits per heavy atom. The van der Waals surface area contributed by atoms with E-state index in [9.17, 15) is 4.39 Å². The van der Waals surface area contributed by atoms with Crippen LogP contribution in [0.3, 0.4) is 0 Å². The Morgan fingerprint density at radius 1 is 1.20 bits per heavy atom. The molecule has 0 bridgehead atoms. The highest BCUT2D eigenvalue weighted by molar-refractivity contribution is 5.59. The lowest BCUT2D eigenvalue weighted by Gasteiger charge is -2.17. The zero-order valence-corrected chi connectivity index (χ0v) is 11.7. The SMILES string of the molecule is Cc1ccc(C#N)c(NC(C)Cc2ccc(F)cc2)c1. The van der Waals surface area contributed by atoms with Crippen LogP contribution in [0.2, 0.25) is 0 Å². The van der Waals surface area contributed by atoms with Gasteiger partial charge in [0.2, 0.25) is 0 Å². The van der Waals surface area contributed by atoms with Crippen molar-refractivity contribution >= 4 is 5.69 Å². The van der Waals surface area contributed by atoms with Crippen molar-refractivity contribution in [2.45, 2.75) is 26.3 Å². The highest BCUT2D eigenvalue weighted by Gasteiger charge is 2.07. The molecule has 0 amide bonds. The van der Waals surface area contributed by atoms with Crippen LogP contribution in [0.15, 0.2) is 42.5 Å². The molecule has 20 heavy (non-hydrogen) atoms. The quantitative estimate of drug-likeness (QED) is 0.908. The van der Waals surface area contributed by atoms with Crippen molar-refractivity contribution in [3.05, 3.63) is 65.0 Å². The second-order valence-corrected chi connectivity index (χ2v) is 5.04. The maximum atomic E-state index is 12.9. The minimum atomic E-state index is -0.222. The van der Waals surface area contributed by atoms with Gasteiger partial charge in [-0.05, 0) is 55.7 Å². The number of nitrogens with zero attached hydrogens (tertiary/aromatic N) is 1. The van der Waals surface area contributed by atoms with Crippen molar-refractivity contribution in [1.29, 1.82) is 5.26 Å². The van der Waals surface area contributed by atoms with Gasteiger partial charge in [-0.2, -0.15) is 5.26 Å². The molecule has 102 valence electrons. The molecule has 0 saturated heterocycles. The lowest BCUT2D eigenvalue weighted by atomic mass is 10.1. The third kappa shape index (κ3) is 3.58. The summed E-state index contributed by atoms with van der Waals surface area (Å²) in [5.74, 6) is -0.222. The molecule has 0 heterocycles. The number of halogens is 1. The smallest absolute Gasteiger partial charge is 0.123 e. The number of benzene rings is 2. The van der Waals surface area contributed by atoms with E-state index in [4.69, 9.17) is 5.26 Å². The van der Waals surface area contributed by atoms with Gasteiger partial charge in [0.25, 0.3) is 0 Å². The van der Waals surface area contributed by atoms with Gasteiger partial charge < -0.3 is 5.32 Å². The summed E-state index contributed by atoms with van der Waals surface area (Å²) in [6.45, 7) is 4.05. The molecule has 0 radical (unpaired) electrons. The molecule has 2 nitrogen and oxygen atoms in total. The van der Waals surface area contributed by atoms with Gasteiger partial charge in [-0.15, -0.1) is 0 Å². The number of nitriles is 1. The fraction of sp³-hybridized carbons (Fsp3) is 0.235. The van der Waals surface area contributed by atoms with E-state index in [2.05, 4.69) is 11.4 Å². The molecule has 2 rings (SSSR count). The maximum absolute atomic E-state index is 12.9. The van der Waals surface area contributed by atoms with Crippen LogP contribution in [0.4, 0.5) is 10.1 Å². The third-order valence-corrected chi connectivity index (χ3v) is 3.15. The second-order valence-electron chi connectivity index (χ2n) is 5.04. The Hall–Kier alpha value is -2.34. The largest absolute Gasteiger partial charge is 0.381 e. The summed E-state index contributed by atoms with van der Waals surface area (Å²) in [4.78, 5) is 0. The molecule has 0 fully saturated rings. The topological polar surface area (TPSA) is 35.8 Å². The molecule has 2 aromatic rings. The first kappa shape index (κ1) is 14.1. The predicted molar refractivity (Wildman–Crippen MR) is 79.1 cm³/mol. The average Bonchev–Trinajstić information content (AvgIpc) is 2.41. The van der Waals surface area contributed by atoms with Crippen LogP contribution in [0.5, 0.6) is 0 Å². The van der Waals surface area contributed by atoms with Crippen LogP contribution >= 0.6 is 0 Å². The van der Waals surface area contributed by atoms with Gasteiger partial charge in [0, 0.05) is 6.04 Å². The van der Waals surface area contributed by atoms with Crippen molar-refractivity contribution in [2.75, 3.05) is 5.32 Å². The molecule has 0 spiro atoms. The van der Waals surface area contributed by atoms with E-state index in [1.54, 1.807) is 12.1 Å². The van der Waals surface area contributed by atoms with E-state index in [0.717, 1.165) is 23.2 Å². The van der Waals surface area contributed by atoms with E-state index in [1.807, 2.05) is 32.0 Å². The molecular weight excluding hydrogens is 251 g/mol. The van der Waals surface area contributed by atoms with Crippen molar-refractivity contribution in [3.63, 3.8) is 0 Å². The van der Waals surface area contributed by atoms with Crippen molar-refractivity contribution in [2.24, 2.45) is 0 Å². The Morgan fingerprint density at radius 2 is 1.90 bits per heavy atom. The zero-order valence-electron chi connectivity index (χ0n) is 11.7. The molecule has 1 atom stereocenters. The zero-order chi connectivity index (χ0) is 14.5. The minimum Gasteiger partial charge on any atom is -0.381 e. The van der Waals surface area contributed by atoms with Crippen molar-refractivity contribution in [1.82, 2.24) is 0 Å². The maximum Gasteiger partial charge on any atom is 0.123 e. The molecule has 0 aliphatic rings. The first-order chi connectivity index (χ1) is 9.58. The van der Waals surface area contributed by atoms with Crippen LogP contribution in [0.1, 0.15) is 23.6 Å². The number of nitrogens with one attached hydrogen (secondary N) is 1. The highest BCUT2D eigenvalue weighted by atomic mass is 19.1. The summed E-state index contributed by atoms with van der Waals surface area (Å²) in [5.41, 5.74) is 3.67. The molecular formula is C17H17FN2. The number of hydrogen-bond acceptors (Lipinski definition) is 2. The van der Waals surface area contributed by atoms with Gasteiger partial charge in [0.15, 0.2) is 0 Å². The molecule has 0 saturated carbocycles. The molecule has 0 aliphatic heterocycles. The third-order valence-electron chi connectivity index (χ3n) is 3.15. The predicted octanol–water partition coefficient (Wildman–Crippen LogP) is 4.05. The Balaban J connectivity index is 2.08. The summed E-state index contributed by atoms with van der Waals surface area (Å²) >= 11 is 0. The highest BCUT2D eigenvalue weighted by Crippen LogP contribution is 2.18. The van der Waals surface area contributed by atoms with Crippen molar-refractivity contribution in [3.8, 4) is 6.07 Å². The average molecular weight is 268 g/mol. The van der Waals surface area contributed by atoms with Crippen LogP contribution in [-0.2, 0) is 6.42 Å². The Kier molecular flexibility index (Phi) is 4.37. The minimum absolute atomic E-state index is 0.161. The molecule has 3 heteroatoms. The van der Waals surface area contributed by atoms with Gasteiger partial charge in [0.05, 0.1) is 11.3 Å². The Bertz CT molecular complexity index is 626. The molecule has 1 unspecified atom stereocenters. The summed E-state index contributed by atoms with van der Waals surface area (Å²) < 4.78 is 12.9. The molecule has 2 aromatic carbocycles. The first-order valence-electron chi connectivity index (χ1n) is 6.60. The van der Waals surface area contributed by atoms with Gasteiger partial charge in [-0.25, -0.2) is 4.39 Å². The van der Waals surface area contributed by atoms with Gasteiger partial charge in [-0.3, -0.25) is 0 Å². The first-order valence-corrected chi connectivity index (χ1v) is 6.60. The second kappa shape index (κ2) is 6.21. The van der Waals surface area contributed by atoms with E-state index in [0.29, 0.717) is 5.56 Å². The number of anilines is 1. The van der Waals surface area contributed by atoms with E-state index in [1.165, 1.54) is 12.1 Å². The normalized spacial score (nSPS) is 11.7. The van der Waals surface area contributed by atoms with Crippen LogP contribution < -0.4 is 5.32 Å². The monoisotopic (exact) mass is 268 g/mol. The number of aryl methyl sites for hydroxylation is 1. The fourth-order valence-corrected chi connectivity index (χ4v) is 2.17. The van der Waals surface area contributed by atoms with Gasteiger partial charge in [0.1, 0.15) is 11.9 Å².